The Morgan fingerprint density at radius 3 is 2.82 bits per heavy atom. The maximum absolute atomic E-state index is 12.3. The van der Waals surface area contributed by atoms with Crippen LogP contribution in [0.25, 0.3) is 0 Å². The summed E-state index contributed by atoms with van der Waals surface area (Å²) in [6.07, 6.45) is 7.11. The van der Waals surface area contributed by atoms with E-state index < -0.39 is 0 Å². The highest BCUT2D eigenvalue weighted by molar-refractivity contribution is 8.14. The zero-order valence-corrected chi connectivity index (χ0v) is 13.4. The molecule has 0 spiro atoms. The maximum Gasteiger partial charge on any atom is 0.234 e. The second-order valence-electron chi connectivity index (χ2n) is 6.00. The van der Waals surface area contributed by atoms with Crippen LogP contribution in [0.3, 0.4) is 0 Å². The summed E-state index contributed by atoms with van der Waals surface area (Å²) in [4.78, 5) is 26.1. The fourth-order valence-electron chi connectivity index (χ4n) is 3.24. The predicted molar refractivity (Wildman–Crippen MR) is 85.4 cm³/mol. The Labute approximate surface area is 134 Å². The number of carbonyl (C=O) groups is 2. The average Bonchev–Trinajstić information content (AvgIpc) is 3.22. The Balaban J connectivity index is 1.58. The molecule has 120 valence electrons. The molecule has 2 aliphatic rings. The summed E-state index contributed by atoms with van der Waals surface area (Å²) in [5.74, 6) is 1.63. The highest BCUT2D eigenvalue weighted by Crippen LogP contribution is 2.25. The molecule has 1 aromatic rings. The topological polar surface area (TPSA) is 62.6 Å². The van der Waals surface area contributed by atoms with Crippen molar-refractivity contribution in [3.8, 4) is 0 Å². The SMILES string of the molecule is O=C(CN(Cc1ccco1)C1CCCC1)NC1CCSC1=O. The molecule has 1 aromatic heterocycles. The molecule has 5 nitrogen and oxygen atoms in total. The highest BCUT2D eigenvalue weighted by Gasteiger charge is 2.29. The number of hydrogen-bond acceptors (Lipinski definition) is 5. The van der Waals surface area contributed by atoms with E-state index in [0.29, 0.717) is 19.1 Å². The molecule has 1 aliphatic heterocycles. The second kappa shape index (κ2) is 7.33. The van der Waals surface area contributed by atoms with Gasteiger partial charge in [-0.05, 0) is 31.4 Å². The van der Waals surface area contributed by atoms with Crippen molar-refractivity contribution in [2.75, 3.05) is 12.3 Å². The standard InChI is InChI=1S/C16H22N2O3S/c19-15(17-14-7-9-22-16(14)20)11-18(12-4-1-2-5-12)10-13-6-3-8-21-13/h3,6,8,12,14H,1-2,4-5,7,9-11H2,(H,17,19). The monoisotopic (exact) mass is 322 g/mol. The van der Waals surface area contributed by atoms with E-state index in [1.807, 2.05) is 12.1 Å². The molecule has 1 N–H and O–H groups in total. The minimum atomic E-state index is -0.299. The largest absolute Gasteiger partial charge is 0.468 e. The Morgan fingerprint density at radius 1 is 1.36 bits per heavy atom. The maximum atomic E-state index is 12.3. The molecule has 22 heavy (non-hydrogen) atoms. The Morgan fingerprint density at radius 2 is 2.18 bits per heavy atom. The van der Waals surface area contributed by atoms with Crippen LogP contribution in [0.15, 0.2) is 22.8 Å². The lowest BCUT2D eigenvalue weighted by atomic mass is 10.2. The van der Waals surface area contributed by atoms with E-state index in [0.717, 1.165) is 30.8 Å². The number of furan rings is 1. The molecule has 0 bridgehead atoms. The molecule has 6 heteroatoms. The Hall–Kier alpha value is -1.27. The third-order valence-electron chi connectivity index (χ3n) is 4.40. The molecule has 2 heterocycles. The average molecular weight is 322 g/mol. The normalized spacial score (nSPS) is 22.6. The molecule has 1 unspecified atom stereocenters. The van der Waals surface area contributed by atoms with E-state index in [1.54, 1.807) is 6.26 Å². The zero-order valence-electron chi connectivity index (χ0n) is 12.6. The van der Waals surface area contributed by atoms with Crippen LogP contribution < -0.4 is 5.32 Å². The smallest absolute Gasteiger partial charge is 0.234 e. The molecule has 0 aromatic carbocycles. The van der Waals surface area contributed by atoms with Gasteiger partial charge in [-0.3, -0.25) is 14.5 Å². The molecule has 1 atom stereocenters. The second-order valence-corrected chi connectivity index (χ2v) is 7.10. The molecule has 0 radical (unpaired) electrons. The molecule has 1 amide bonds. The number of thioether (sulfide) groups is 1. The van der Waals surface area contributed by atoms with Crippen molar-refractivity contribution < 1.29 is 14.0 Å². The molecule has 1 aliphatic carbocycles. The first-order valence-electron chi connectivity index (χ1n) is 7.95. The summed E-state index contributed by atoms with van der Waals surface area (Å²) in [5.41, 5.74) is 0. The third kappa shape index (κ3) is 3.93. The predicted octanol–water partition coefficient (Wildman–Crippen LogP) is 2.17. The minimum absolute atomic E-state index is 0.0562. The van der Waals surface area contributed by atoms with Gasteiger partial charge in [0.15, 0.2) is 0 Å². The number of amides is 1. The summed E-state index contributed by atoms with van der Waals surface area (Å²) >= 11 is 1.31. The lowest BCUT2D eigenvalue weighted by molar-refractivity contribution is -0.126. The molecule has 1 saturated carbocycles. The van der Waals surface area contributed by atoms with Crippen molar-refractivity contribution in [2.24, 2.45) is 0 Å². The fraction of sp³-hybridized carbons (Fsp3) is 0.625. The quantitative estimate of drug-likeness (QED) is 0.870. The first-order chi connectivity index (χ1) is 10.7. The molecular formula is C16H22N2O3S. The van der Waals surface area contributed by atoms with Crippen molar-refractivity contribution in [3.63, 3.8) is 0 Å². The summed E-state index contributed by atoms with van der Waals surface area (Å²) < 4.78 is 5.42. The van der Waals surface area contributed by atoms with Crippen LogP contribution in [0.4, 0.5) is 0 Å². The lowest BCUT2D eigenvalue weighted by Crippen LogP contribution is -2.45. The fourth-order valence-corrected chi connectivity index (χ4v) is 4.17. The van der Waals surface area contributed by atoms with Gasteiger partial charge in [0.25, 0.3) is 0 Å². The van der Waals surface area contributed by atoms with Crippen molar-refractivity contribution in [2.45, 2.75) is 50.7 Å². The summed E-state index contributed by atoms with van der Waals surface area (Å²) in [5, 5.41) is 2.97. The van der Waals surface area contributed by atoms with E-state index in [-0.39, 0.29) is 17.1 Å². The van der Waals surface area contributed by atoms with E-state index in [4.69, 9.17) is 4.42 Å². The minimum Gasteiger partial charge on any atom is -0.468 e. The molecule has 3 rings (SSSR count). The van der Waals surface area contributed by atoms with Crippen LogP contribution in [0, 0.1) is 0 Å². The first kappa shape index (κ1) is 15.6. The molecule has 1 saturated heterocycles. The van der Waals surface area contributed by atoms with Gasteiger partial charge in [-0.2, -0.15) is 0 Å². The number of rotatable bonds is 6. The van der Waals surface area contributed by atoms with Crippen LogP contribution in [-0.2, 0) is 16.1 Å². The van der Waals surface area contributed by atoms with E-state index in [9.17, 15) is 9.59 Å². The van der Waals surface area contributed by atoms with Gasteiger partial charge < -0.3 is 9.73 Å². The summed E-state index contributed by atoms with van der Waals surface area (Å²) in [6, 6.07) is 3.95. The van der Waals surface area contributed by atoms with Gasteiger partial charge in [0, 0.05) is 11.8 Å². The van der Waals surface area contributed by atoms with Gasteiger partial charge in [0.1, 0.15) is 5.76 Å². The molecular weight excluding hydrogens is 300 g/mol. The number of nitrogens with one attached hydrogen (secondary N) is 1. The van der Waals surface area contributed by atoms with Crippen LogP contribution >= 0.6 is 11.8 Å². The van der Waals surface area contributed by atoms with Crippen molar-refractivity contribution in [3.05, 3.63) is 24.2 Å². The van der Waals surface area contributed by atoms with Gasteiger partial charge in [0.05, 0.1) is 25.4 Å². The van der Waals surface area contributed by atoms with E-state index >= 15 is 0 Å². The van der Waals surface area contributed by atoms with Crippen molar-refractivity contribution in [1.82, 2.24) is 10.2 Å². The van der Waals surface area contributed by atoms with Gasteiger partial charge >= 0.3 is 0 Å². The highest BCUT2D eigenvalue weighted by atomic mass is 32.2. The van der Waals surface area contributed by atoms with Gasteiger partial charge in [0.2, 0.25) is 11.0 Å². The number of hydrogen-bond donors (Lipinski definition) is 1. The molecule has 2 fully saturated rings. The van der Waals surface area contributed by atoms with Crippen LogP contribution in [0.1, 0.15) is 37.9 Å². The lowest BCUT2D eigenvalue weighted by Gasteiger charge is -2.27. The van der Waals surface area contributed by atoms with Crippen LogP contribution in [0.5, 0.6) is 0 Å². The summed E-state index contributed by atoms with van der Waals surface area (Å²) in [7, 11) is 0. The van der Waals surface area contributed by atoms with Gasteiger partial charge in [-0.15, -0.1) is 0 Å². The zero-order chi connectivity index (χ0) is 15.4. The number of nitrogens with zero attached hydrogens (tertiary/aromatic N) is 1. The van der Waals surface area contributed by atoms with E-state index in [2.05, 4.69) is 10.2 Å². The van der Waals surface area contributed by atoms with Gasteiger partial charge in [-0.25, -0.2) is 0 Å². The first-order valence-corrected chi connectivity index (χ1v) is 8.93. The van der Waals surface area contributed by atoms with Gasteiger partial charge in [-0.1, -0.05) is 24.6 Å². The number of carbonyl (C=O) groups excluding carboxylic acids is 2. The van der Waals surface area contributed by atoms with Crippen LogP contribution in [-0.4, -0.2) is 40.3 Å². The summed E-state index contributed by atoms with van der Waals surface area (Å²) in [6.45, 7) is 0.984. The van der Waals surface area contributed by atoms with Crippen LogP contribution in [0.2, 0.25) is 0 Å². The van der Waals surface area contributed by atoms with E-state index in [1.165, 1.54) is 24.6 Å². The van der Waals surface area contributed by atoms with Crippen molar-refractivity contribution in [1.29, 1.82) is 0 Å². The Kier molecular flexibility index (Phi) is 5.20. The van der Waals surface area contributed by atoms with Crippen molar-refractivity contribution >= 4 is 22.8 Å². The Bertz CT molecular complexity index is 511. The third-order valence-corrected chi connectivity index (χ3v) is 5.41.